The van der Waals surface area contributed by atoms with Gasteiger partial charge in [-0.25, -0.2) is 14.4 Å². The van der Waals surface area contributed by atoms with Crippen LogP contribution in [-0.2, 0) is 4.84 Å². The van der Waals surface area contributed by atoms with Crippen molar-refractivity contribution in [1.82, 2.24) is 10.0 Å². The number of hydrogen-bond acceptors (Lipinski definition) is 4. The molecule has 0 saturated heterocycles. The lowest BCUT2D eigenvalue weighted by molar-refractivity contribution is -0.0756. The van der Waals surface area contributed by atoms with E-state index < -0.39 is 11.7 Å². The number of rotatable bonds is 2. The Balaban J connectivity index is 2.58. The zero-order valence-electron chi connectivity index (χ0n) is 8.73. The van der Waals surface area contributed by atoms with Gasteiger partial charge in [-0.15, -0.1) is 11.3 Å². The van der Waals surface area contributed by atoms with Crippen LogP contribution in [0.25, 0.3) is 10.2 Å². The van der Waals surface area contributed by atoms with Crippen LogP contribution < -0.4 is 0 Å². The molecule has 2 aromatic rings. The van der Waals surface area contributed by atoms with Crippen LogP contribution in [0.1, 0.15) is 10.4 Å². The molecular formula is C10H9FN2O2S. The maximum Gasteiger partial charge on any atom is 0.279 e. The number of hydrogen-bond donors (Lipinski definition) is 0. The molecule has 0 spiro atoms. The van der Waals surface area contributed by atoms with E-state index in [1.807, 2.05) is 0 Å². The number of carbonyl (C=O) groups excluding carboxylic acids is 1. The molecule has 0 saturated carbocycles. The number of halogens is 1. The van der Waals surface area contributed by atoms with Gasteiger partial charge in [0.25, 0.3) is 5.91 Å². The minimum absolute atomic E-state index is 0.209. The molecular weight excluding hydrogens is 231 g/mol. The summed E-state index contributed by atoms with van der Waals surface area (Å²) in [5.41, 5.74) is 2.29. The molecule has 0 unspecified atom stereocenters. The number of hydroxylamine groups is 2. The van der Waals surface area contributed by atoms with E-state index in [9.17, 15) is 9.18 Å². The lowest BCUT2D eigenvalue weighted by Crippen LogP contribution is -2.25. The Labute approximate surface area is 95.2 Å². The Kier molecular flexibility index (Phi) is 2.84. The lowest BCUT2D eigenvalue weighted by atomic mass is 10.2. The largest absolute Gasteiger partial charge is 0.279 e. The third-order valence-electron chi connectivity index (χ3n) is 2.19. The van der Waals surface area contributed by atoms with E-state index in [0.717, 1.165) is 5.06 Å². The second kappa shape index (κ2) is 4.15. The fraction of sp³-hybridized carbons (Fsp3) is 0.200. The third-order valence-corrected chi connectivity index (χ3v) is 2.97. The molecule has 1 heterocycles. The fourth-order valence-corrected chi connectivity index (χ4v) is 2.08. The van der Waals surface area contributed by atoms with Crippen molar-refractivity contribution in [2.24, 2.45) is 0 Å². The minimum Gasteiger partial charge on any atom is -0.274 e. The molecule has 0 radical (unpaired) electrons. The maximum absolute atomic E-state index is 13.3. The lowest BCUT2D eigenvalue weighted by Gasteiger charge is -2.13. The molecule has 0 aliphatic rings. The Morgan fingerprint density at radius 1 is 1.56 bits per heavy atom. The SMILES string of the molecule is CON(C)C(=O)c1cc(F)cc2scnc12. The van der Waals surface area contributed by atoms with E-state index in [0.29, 0.717) is 10.2 Å². The summed E-state index contributed by atoms with van der Waals surface area (Å²) in [6, 6.07) is 2.52. The average Bonchev–Trinajstić information content (AvgIpc) is 2.73. The molecule has 0 fully saturated rings. The number of thiazole rings is 1. The molecule has 1 aromatic heterocycles. The second-order valence-corrected chi connectivity index (χ2v) is 4.02. The van der Waals surface area contributed by atoms with E-state index in [4.69, 9.17) is 4.84 Å². The number of benzene rings is 1. The van der Waals surface area contributed by atoms with E-state index in [-0.39, 0.29) is 5.56 Å². The van der Waals surface area contributed by atoms with E-state index in [1.54, 1.807) is 5.51 Å². The zero-order chi connectivity index (χ0) is 11.7. The van der Waals surface area contributed by atoms with Gasteiger partial charge in [0, 0.05) is 7.05 Å². The first-order chi connectivity index (χ1) is 7.63. The first kappa shape index (κ1) is 11.0. The molecule has 4 nitrogen and oxygen atoms in total. The number of aromatic nitrogens is 1. The molecule has 6 heteroatoms. The van der Waals surface area contributed by atoms with Gasteiger partial charge in [-0.1, -0.05) is 0 Å². The van der Waals surface area contributed by atoms with E-state index in [1.165, 1.54) is 37.6 Å². The molecule has 1 aromatic carbocycles. The smallest absolute Gasteiger partial charge is 0.274 e. The average molecular weight is 240 g/mol. The van der Waals surface area contributed by atoms with Crippen LogP contribution in [0.3, 0.4) is 0 Å². The molecule has 0 bridgehead atoms. The minimum atomic E-state index is -0.454. The second-order valence-electron chi connectivity index (χ2n) is 3.14. The van der Waals surface area contributed by atoms with Gasteiger partial charge < -0.3 is 0 Å². The topological polar surface area (TPSA) is 42.4 Å². The van der Waals surface area contributed by atoms with Gasteiger partial charge in [-0.3, -0.25) is 9.63 Å². The van der Waals surface area contributed by atoms with Crippen molar-refractivity contribution < 1.29 is 14.0 Å². The van der Waals surface area contributed by atoms with Gasteiger partial charge in [0.1, 0.15) is 5.82 Å². The van der Waals surface area contributed by atoms with Crippen LogP contribution in [0.2, 0.25) is 0 Å². The Morgan fingerprint density at radius 3 is 3.00 bits per heavy atom. The van der Waals surface area contributed by atoms with Gasteiger partial charge in [0.05, 0.1) is 28.4 Å². The molecule has 0 N–H and O–H groups in total. The van der Waals surface area contributed by atoms with Crippen molar-refractivity contribution in [3.63, 3.8) is 0 Å². The molecule has 1 amide bonds. The van der Waals surface area contributed by atoms with Gasteiger partial charge in [-0.2, -0.15) is 0 Å². The summed E-state index contributed by atoms with van der Waals surface area (Å²) < 4.78 is 13.9. The number of carbonyl (C=O) groups is 1. The first-order valence-corrected chi connectivity index (χ1v) is 5.36. The van der Waals surface area contributed by atoms with Crippen molar-refractivity contribution in [2.45, 2.75) is 0 Å². The highest BCUT2D eigenvalue weighted by Crippen LogP contribution is 2.23. The number of fused-ring (bicyclic) bond motifs is 1. The summed E-state index contributed by atoms with van der Waals surface area (Å²) in [7, 11) is 2.83. The summed E-state index contributed by atoms with van der Waals surface area (Å²) in [5, 5.41) is 1.04. The molecule has 0 atom stereocenters. The summed E-state index contributed by atoms with van der Waals surface area (Å²) >= 11 is 1.29. The number of nitrogens with zero attached hydrogens (tertiary/aromatic N) is 2. The molecule has 84 valence electrons. The normalized spacial score (nSPS) is 10.7. The van der Waals surface area contributed by atoms with E-state index >= 15 is 0 Å². The van der Waals surface area contributed by atoms with Crippen LogP contribution in [0.15, 0.2) is 17.6 Å². The highest BCUT2D eigenvalue weighted by Gasteiger charge is 2.17. The summed E-state index contributed by atoms with van der Waals surface area (Å²) in [6.45, 7) is 0. The summed E-state index contributed by atoms with van der Waals surface area (Å²) in [4.78, 5) is 20.7. The van der Waals surface area contributed by atoms with Crippen LogP contribution in [-0.4, -0.2) is 30.1 Å². The molecule has 0 aliphatic heterocycles. The third kappa shape index (κ3) is 1.77. The monoisotopic (exact) mass is 240 g/mol. The Hall–Kier alpha value is -1.53. The van der Waals surface area contributed by atoms with Gasteiger partial charge in [0.2, 0.25) is 0 Å². The van der Waals surface area contributed by atoms with Crippen molar-refractivity contribution in [3.05, 3.63) is 29.0 Å². The maximum atomic E-state index is 13.3. The van der Waals surface area contributed by atoms with Crippen LogP contribution in [0.5, 0.6) is 0 Å². The van der Waals surface area contributed by atoms with Crippen molar-refractivity contribution in [2.75, 3.05) is 14.2 Å². The van der Waals surface area contributed by atoms with Crippen molar-refractivity contribution >= 4 is 27.5 Å². The van der Waals surface area contributed by atoms with Crippen LogP contribution in [0.4, 0.5) is 4.39 Å². The number of amides is 1. The van der Waals surface area contributed by atoms with Crippen molar-refractivity contribution in [3.8, 4) is 0 Å². The Morgan fingerprint density at radius 2 is 2.31 bits per heavy atom. The predicted octanol–water partition coefficient (Wildman–Crippen LogP) is 2.07. The quantitative estimate of drug-likeness (QED) is 0.755. The van der Waals surface area contributed by atoms with Crippen LogP contribution >= 0.6 is 11.3 Å². The van der Waals surface area contributed by atoms with Gasteiger partial charge in [0.15, 0.2) is 0 Å². The molecule has 16 heavy (non-hydrogen) atoms. The first-order valence-electron chi connectivity index (χ1n) is 4.48. The van der Waals surface area contributed by atoms with E-state index in [2.05, 4.69) is 4.98 Å². The summed E-state index contributed by atoms with van der Waals surface area (Å²) in [5.74, 6) is -0.873. The molecule has 2 rings (SSSR count). The predicted molar refractivity (Wildman–Crippen MR) is 58.7 cm³/mol. The summed E-state index contributed by atoms with van der Waals surface area (Å²) in [6.07, 6.45) is 0. The highest BCUT2D eigenvalue weighted by atomic mass is 32.1. The highest BCUT2D eigenvalue weighted by molar-refractivity contribution is 7.16. The van der Waals surface area contributed by atoms with Gasteiger partial charge in [-0.05, 0) is 12.1 Å². The molecule has 0 aliphatic carbocycles. The van der Waals surface area contributed by atoms with Crippen LogP contribution in [0, 0.1) is 5.82 Å². The van der Waals surface area contributed by atoms with Gasteiger partial charge >= 0.3 is 0 Å². The van der Waals surface area contributed by atoms with Crippen molar-refractivity contribution in [1.29, 1.82) is 0 Å². The fourth-order valence-electron chi connectivity index (χ4n) is 1.35. The standard InChI is InChI=1S/C10H9FN2O2S/c1-13(15-2)10(14)7-3-6(11)4-8-9(7)12-5-16-8/h3-5H,1-2H3. The zero-order valence-corrected chi connectivity index (χ0v) is 9.55. The Bertz CT molecular complexity index is 541.